The fourth-order valence-corrected chi connectivity index (χ4v) is 2.50. The van der Waals surface area contributed by atoms with Crippen molar-refractivity contribution < 1.29 is 14.3 Å². The van der Waals surface area contributed by atoms with E-state index in [9.17, 15) is 9.59 Å². The van der Waals surface area contributed by atoms with Gasteiger partial charge in [-0.2, -0.15) is 0 Å². The molecule has 5 nitrogen and oxygen atoms in total. The average molecular weight is 418 g/mol. The number of nitrogens with one attached hydrogen (secondary N) is 1. The van der Waals surface area contributed by atoms with Crippen molar-refractivity contribution in [2.24, 2.45) is 0 Å². The quantitative estimate of drug-likeness (QED) is 0.751. The molecular formula is C15H11BrCl2N2O3. The first-order valence-electron chi connectivity index (χ1n) is 6.46. The Hall–Kier alpha value is -1.63. The SMILES string of the molecule is CC(OC(=O)c1ccccc1Br)C(=O)Nc1ncc(Cl)cc1Cl. The molecule has 0 fully saturated rings. The molecule has 0 saturated heterocycles. The van der Waals surface area contributed by atoms with Crippen molar-refractivity contribution in [1.29, 1.82) is 0 Å². The van der Waals surface area contributed by atoms with Gasteiger partial charge in [0.05, 0.1) is 15.6 Å². The maximum atomic E-state index is 12.1. The van der Waals surface area contributed by atoms with Crippen LogP contribution in [-0.4, -0.2) is 23.0 Å². The molecule has 0 aliphatic heterocycles. The van der Waals surface area contributed by atoms with E-state index in [1.165, 1.54) is 19.2 Å². The van der Waals surface area contributed by atoms with Gasteiger partial charge in [0.2, 0.25) is 0 Å². The van der Waals surface area contributed by atoms with Crippen LogP contribution >= 0.6 is 39.1 Å². The highest BCUT2D eigenvalue weighted by Crippen LogP contribution is 2.23. The molecule has 1 atom stereocenters. The minimum absolute atomic E-state index is 0.143. The molecule has 2 rings (SSSR count). The van der Waals surface area contributed by atoms with Crippen molar-refractivity contribution >= 4 is 56.8 Å². The first kappa shape index (κ1) is 17.7. The number of ether oxygens (including phenoxy) is 1. The van der Waals surface area contributed by atoms with E-state index in [0.29, 0.717) is 15.1 Å². The second kappa shape index (κ2) is 7.77. The van der Waals surface area contributed by atoms with E-state index in [1.807, 2.05) is 0 Å². The highest BCUT2D eigenvalue weighted by molar-refractivity contribution is 9.10. The van der Waals surface area contributed by atoms with E-state index >= 15 is 0 Å². The number of hydrogen-bond acceptors (Lipinski definition) is 4. The lowest BCUT2D eigenvalue weighted by molar-refractivity contribution is -0.123. The molecule has 0 radical (unpaired) electrons. The summed E-state index contributed by atoms with van der Waals surface area (Å²) >= 11 is 14.9. The molecule has 1 aromatic carbocycles. The molecule has 1 aromatic heterocycles. The zero-order valence-electron chi connectivity index (χ0n) is 11.8. The molecule has 23 heavy (non-hydrogen) atoms. The number of halogens is 3. The minimum Gasteiger partial charge on any atom is -0.449 e. The van der Waals surface area contributed by atoms with Crippen molar-refractivity contribution in [2.45, 2.75) is 13.0 Å². The van der Waals surface area contributed by atoms with Gasteiger partial charge < -0.3 is 10.1 Å². The molecule has 1 heterocycles. The summed E-state index contributed by atoms with van der Waals surface area (Å²) in [7, 11) is 0. The molecule has 8 heteroatoms. The lowest BCUT2D eigenvalue weighted by Gasteiger charge is -2.14. The van der Waals surface area contributed by atoms with Crippen molar-refractivity contribution in [3.63, 3.8) is 0 Å². The third kappa shape index (κ3) is 4.67. The largest absolute Gasteiger partial charge is 0.449 e. The Balaban J connectivity index is 2.03. The number of carbonyl (C=O) groups is 2. The van der Waals surface area contributed by atoms with Crippen LogP contribution in [0, 0.1) is 0 Å². The zero-order chi connectivity index (χ0) is 17.0. The summed E-state index contributed by atoms with van der Waals surface area (Å²) in [6, 6.07) is 8.21. The van der Waals surface area contributed by atoms with E-state index in [4.69, 9.17) is 27.9 Å². The van der Waals surface area contributed by atoms with Gasteiger partial charge >= 0.3 is 5.97 Å². The van der Waals surface area contributed by atoms with E-state index in [2.05, 4.69) is 26.2 Å². The number of pyridine rings is 1. The third-order valence-electron chi connectivity index (χ3n) is 2.80. The van der Waals surface area contributed by atoms with Crippen LogP contribution in [0.1, 0.15) is 17.3 Å². The highest BCUT2D eigenvalue weighted by Gasteiger charge is 2.21. The standard InChI is InChI=1S/C15H11BrCl2N2O3/c1-8(23-15(22)10-4-2-3-5-11(10)16)14(21)20-13-12(18)6-9(17)7-19-13/h2-8H,1H3,(H,19,20,21). The number of benzene rings is 1. The Bertz CT molecular complexity index is 755. The summed E-state index contributed by atoms with van der Waals surface area (Å²) < 4.78 is 5.72. The fraction of sp³-hybridized carbons (Fsp3) is 0.133. The van der Waals surface area contributed by atoms with E-state index in [0.717, 1.165) is 0 Å². The summed E-state index contributed by atoms with van der Waals surface area (Å²) in [5.74, 6) is -1.03. The molecule has 0 bridgehead atoms. The molecule has 0 aliphatic rings. The molecule has 2 aromatic rings. The van der Waals surface area contributed by atoms with Crippen LogP contribution in [0.5, 0.6) is 0 Å². The van der Waals surface area contributed by atoms with Gasteiger partial charge in [-0.3, -0.25) is 4.79 Å². The van der Waals surface area contributed by atoms with Gasteiger partial charge in [-0.15, -0.1) is 0 Å². The molecular weight excluding hydrogens is 407 g/mol. The van der Waals surface area contributed by atoms with Gasteiger partial charge in [-0.1, -0.05) is 35.3 Å². The Morgan fingerprint density at radius 2 is 2.00 bits per heavy atom. The monoisotopic (exact) mass is 416 g/mol. The van der Waals surface area contributed by atoms with Crippen LogP contribution in [0.25, 0.3) is 0 Å². The average Bonchev–Trinajstić information content (AvgIpc) is 2.50. The first-order chi connectivity index (χ1) is 10.9. The highest BCUT2D eigenvalue weighted by atomic mass is 79.9. The first-order valence-corrected chi connectivity index (χ1v) is 8.01. The number of nitrogens with zero attached hydrogens (tertiary/aromatic N) is 1. The predicted molar refractivity (Wildman–Crippen MR) is 91.9 cm³/mol. The number of esters is 1. The minimum atomic E-state index is -1.02. The maximum Gasteiger partial charge on any atom is 0.340 e. The van der Waals surface area contributed by atoms with Crippen LogP contribution in [0.15, 0.2) is 41.0 Å². The summed E-state index contributed by atoms with van der Waals surface area (Å²) in [5.41, 5.74) is 0.329. The van der Waals surface area contributed by atoms with Gasteiger partial charge in [0.25, 0.3) is 5.91 Å². The molecule has 0 saturated carbocycles. The van der Waals surface area contributed by atoms with E-state index in [1.54, 1.807) is 24.3 Å². The number of hydrogen-bond donors (Lipinski definition) is 1. The topological polar surface area (TPSA) is 68.3 Å². The molecule has 1 amide bonds. The summed E-state index contributed by atoms with van der Waals surface area (Å²) in [6.07, 6.45) is 0.323. The van der Waals surface area contributed by atoms with Gasteiger partial charge in [0.15, 0.2) is 11.9 Å². The number of rotatable bonds is 4. The van der Waals surface area contributed by atoms with Crippen molar-refractivity contribution in [3.8, 4) is 0 Å². The van der Waals surface area contributed by atoms with Crippen LogP contribution in [0.2, 0.25) is 10.0 Å². The van der Waals surface area contributed by atoms with E-state index in [-0.39, 0.29) is 10.8 Å². The van der Waals surface area contributed by atoms with Crippen LogP contribution in [0.4, 0.5) is 5.82 Å². The molecule has 0 aliphatic carbocycles. The third-order valence-corrected chi connectivity index (χ3v) is 3.98. The Labute approximate surface area is 151 Å². The van der Waals surface area contributed by atoms with E-state index < -0.39 is 18.0 Å². The van der Waals surface area contributed by atoms with Crippen LogP contribution in [0.3, 0.4) is 0 Å². The summed E-state index contributed by atoms with van der Waals surface area (Å²) in [5, 5.41) is 3.02. The number of anilines is 1. The lowest BCUT2D eigenvalue weighted by Crippen LogP contribution is -2.30. The van der Waals surface area contributed by atoms with Crippen molar-refractivity contribution in [3.05, 3.63) is 56.6 Å². The molecule has 120 valence electrons. The smallest absolute Gasteiger partial charge is 0.340 e. The zero-order valence-corrected chi connectivity index (χ0v) is 14.9. The number of aromatic nitrogens is 1. The number of amides is 1. The van der Waals surface area contributed by atoms with Gasteiger partial charge in [0.1, 0.15) is 0 Å². The predicted octanol–water partition coefficient (Wildman–Crippen LogP) is 4.33. The Morgan fingerprint density at radius 1 is 1.30 bits per heavy atom. The van der Waals surface area contributed by atoms with Crippen molar-refractivity contribution in [1.82, 2.24) is 4.98 Å². The molecule has 1 N–H and O–H groups in total. The van der Waals surface area contributed by atoms with Crippen LogP contribution in [-0.2, 0) is 9.53 Å². The van der Waals surface area contributed by atoms with Gasteiger partial charge in [-0.25, -0.2) is 9.78 Å². The van der Waals surface area contributed by atoms with Gasteiger partial charge in [0, 0.05) is 10.7 Å². The van der Waals surface area contributed by atoms with Gasteiger partial charge in [-0.05, 0) is 41.1 Å². The second-order valence-electron chi connectivity index (χ2n) is 4.50. The summed E-state index contributed by atoms with van der Waals surface area (Å²) in [6.45, 7) is 1.45. The maximum absolute atomic E-state index is 12.1. The normalized spacial score (nSPS) is 11.7. The molecule has 0 spiro atoms. The second-order valence-corrected chi connectivity index (χ2v) is 6.20. The summed E-state index contributed by atoms with van der Waals surface area (Å²) in [4.78, 5) is 28.0. The van der Waals surface area contributed by atoms with Crippen molar-refractivity contribution in [2.75, 3.05) is 5.32 Å². The lowest BCUT2D eigenvalue weighted by atomic mass is 10.2. The number of carbonyl (C=O) groups excluding carboxylic acids is 2. The fourth-order valence-electron chi connectivity index (χ4n) is 1.63. The molecule has 1 unspecified atom stereocenters. The Morgan fingerprint density at radius 3 is 2.65 bits per heavy atom. The Kier molecular flexibility index (Phi) is 5.98. The van der Waals surface area contributed by atoms with Crippen LogP contribution < -0.4 is 5.32 Å².